The van der Waals surface area contributed by atoms with Gasteiger partial charge in [-0.25, -0.2) is 9.97 Å². The third-order valence-electron chi connectivity index (χ3n) is 2.25. The average Bonchev–Trinajstić information content (AvgIpc) is 2.92. The van der Waals surface area contributed by atoms with Crippen molar-refractivity contribution in [2.45, 2.75) is 12.8 Å². The molecule has 0 saturated heterocycles. The first-order valence-electron chi connectivity index (χ1n) is 4.75. The molecule has 74 valence electrons. The van der Waals surface area contributed by atoms with E-state index in [9.17, 15) is 0 Å². The Bertz CT molecular complexity index is 575. The highest BCUT2D eigenvalue weighted by Gasteiger charge is 2.18. The minimum atomic E-state index is 0.212. The van der Waals surface area contributed by atoms with E-state index in [2.05, 4.69) is 21.8 Å². The monoisotopic (exact) mass is 218 g/mol. The lowest BCUT2D eigenvalue weighted by Crippen LogP contribution is -1.88. The summed E-state index contributed by atoms with van der Waals surface area (Å²) in [5.41, 5.74) is 1.91. The van der Waals surface area contributed by atoms with Gasteiger partial charge in [0.2, 0.25) is 5.28 Å². The summed E-state index contributed by atoms with van der Waals surface area (Å²) in [6.45, 7) is 0. The minimum Gasteiger partial charge on any atom is -0.460 e. The van der Waals surface area contributed by atoms with E-state index in [-0.39, 0.29) is 5.28 Å². The van der Waals surface area contributed by atoms with Gasteiger partial charge in [0, 0.05) is 12.0 Å². The van der Waals surface area contributed by atoms with Crippen LogP contribution in [0.15, 0.2) is 16.7 Å². The van der Waals surface area contributed by atoms with E-state index in [1.54, 1.807) is 12.3 Å². The van der Waals surface area contributed by atoms with Crippen LogP contribution in [0.4, 0.5) is 0 Å². The predicted molar refractivity (Wildman–Crippen MR) is 56.4 cm³/mol. The Morgan fingerprint density at radius 2 is 2.27 bits per heavy atom. The van der Waals surface area contributed by atoms with Crippen LogP contribution in [0.1, 0.15) is 18.5 Å². The predicted octanol–water partition coefficient (Wildman–Crippen LogP) is 2.64. The van der Waals surface area contributed by atoms with Crippen molar-refractivity contribution in [2.24, 2.45) is 5.92 Å². The van der Waals surface area contributed by atoms with Crippen LogP contribution in [0.25, 0.3) is 11.1 Å². The third-order valence-corrected chi connectivity index (χ3v) is 2.42. The first-order valence-corrected chi connectivity index (χ1v) is 5.13. The van der Waals surface area contributed by atoms with Crippen LogP contribution in [-0.4, -0.2) is 9.97 Å². The largest absolute Gasteiger partial charge is 0.460 e. The van der Waals surface area contributed by atoms with Gasteiger partial charge >= 0.3 is 0 Å². The minimum absolute atomic E-state index is 0.212. The molecule has 0 spiro atoms. The Morgan fingerprint density at radius 1 is 1.40 bits per heavy atom. The second-order valence-electron chi connectivity index (χ2n) is 3.52. The van der Waals surface area contributed by atoms with Gasteiger partial charge in [-0.2, -0.15) is 0 Å². The first-order chi connectivity index (χ1) is 7.33. The number of hydrogen-bond donors (Lipinski definition) is 0. The van der Waals surface area contributed by atoms with Gasteiger partial charge in [0.1, 0.15) is 5.52 Å². The van der Waals surface area contributed by atoms with Crippen LogP contribution < -0.4 is 0 Å². The summed E-state index contributed by atoms with van der Waals surface area (Å²) in [5.74, 6) is 6.65. The normalized spacial score (nSPS) is 15.0. The van der Waals surface area contributed by atoms with Crippen molar-refractivity contribution in [3.05, 3.63) is 23.3 Å². The zero-order chi connectivity index (χ0) is 10.3. The molecule has 15 heavy (non-hydrogen) atoms. The Morgan fingerprint density at radius 3 is 3.07 bits per heavy atom. The molecule has 0 atom stereocenters. The topological polar surface area (TPSA) is 38.9 Å². The maximum absolute atomic E-state index is 5.78. The highest BCUT2D eigenvalue weighted by Crippen LogP contribution is 2.28. The van der Waals surface area contributed by atoms with Crippen molar-refractivity contribution in [3.63, 3.8) is 0 Å². The van der Waals surface area contributed by atoms with Gasteiger partial charge in [-0.1, -0.05) is 5.92 Å². The Kier molecular flexibility index (Phi) is 1.90. The summed E-state index contributed by atoms with van der Waals surface area (Å²) in [6, 6.07) is 1.76. The molecule has 0 N–H and O–H groups in total. The molecule has 1 aliphatic carbocycles. The van der Waals surface area contributed by atoms with Gasteiger partial charge in [0.25, 0.3) is 0 Å². The Labute approximate surface area is 91.5 Å². The molecular formula is C11H7ClN2O. The molecule has 1 aliphatic rings. The van der Waals surface area contributed by atoms with Crippen LogP contribution in [0.3, 0.4) is 0 Å². The average molecular weight is 219 g/mol. The number of halogens is 1. The molecule has 2 aromatic rings. The van der Waals surface area contributed by atoms with Crippen molar-refractivity contribution in [2.75, 3.05) is 0 Å². The number of nitrogens with zero attached hydrogens (tertiary/aromatic N) is 2. The number of aromatic nitrogens is 2. The quantitative estimate of drug-likeness (QED) is 0.504. The lowest BCUT2D eigenvalue weighted by atomic mass is 10.3. The molecule has 0 unspecified atom stereocenters. The van der Waals surface area contributed by atoms with Crippen LogP contribution in [0, 0.1) is 17.8 Å². The van der Waals surface area contributed by atoms with Crippen molar-refractivity contribution in [1.29, 1.82) is 0 Å². The van der Waals surface area contributed by atoms with Gasteiger partial charge in [-0.05, 0) is 30.4 Å². The molecule has 0 amide bonds. The van der Waals surface area contributed by atoms with Crippen molar-refractivity contribution in [1.82, 2.24) is 9.97 Å². The fraction of sp³-hybridized carbons (Fsp3) is 0.273. The van der Waals surface area contributed by atoms with E-state index in [0.29, 0.717) is 22.7 Å². The summed E-state index contributed by atoms with van der Waals surface area (Å²) >= 11 is 5.78. The van der Waals surface area contributed by atoms with Crippen molar-refractivity contribution in [3.8, 4) is 11.8 Å². The fourth-order valence-electron chi connectivity index (χ4n) is 1.32. The standard InChI is InChI=1S/C11H7ClN2O/c12-11-13-8(4-3-7-1-2-7)10-9(14-11)5-6-15-10/h5-7H,1-2H2. The number of rotatable bonds is 0. The van der Waals surface area contributed by atoms with Gasteiger partial charge in [-0.15, -0.1) is 0 Å². The van der Waals surface area contributed by atoms with Crippen LogP contribution in [-0.2, 0) is 0 Å². The van der Waals surface area contributed by atoms with E-state index in [1.165, 1.54) is 12.8 Å². The van der Waals surface area contributed by atoms with Crippen LogP contribution in [0.2, 0.25) is 5.28 Å². The maximum atomic E-state index is 5.78. The van der Waals surface area contributed by atoms with Crippen LogP contribution >= 0.6 is 11.6 Å². The second-order valence-corrected chi connectivity index (χ2v) is 3.86. The molecule has 4 heteroatoms. The lowest BCUT2D eigenvalue weighted by Gasteiger charge is -1.93. The highest BCUT2D eigenvalue weighted by molar-refractivity contribution is 6.28. The molecule has 0 bridgehead atoms. The Balaban J connectivity index is 2.15. The van der Waals surface area contributed by atoms with E-state index in [4.69, 9.17) is 16.0 Å². The number of furan rings is 1. The molecule has 2 heterocycles. The summed E-state index contributed by atoms with van der Waals surface area (Å²) in [7, 11) is 0. The third kappa shape index (κ3) is 1.69. The Hall–Kier alpha value is -1.53. The molecule has 2 aromatic heterocycles. The summed E-state index contributed by atoms with van der Waals surface area (Å²) in [6.07, 6.45) is 3.94. The van der Waals surface area contributed by atoms with Crippen molar-refractivity contribution >= 4 is 22.7 Å². The van der Waals surface area contributed by atoms with E-state index in [0.717, 1.165) is 0 Å². The van der Waals surface area contributed by atoms with E-state index >= 15 is 0 Å². The molecule has 0 aliphatic heterocycles. The summed E-state index contributed by atoms with van der Waals surface area (Å²) in [4.78, 5) is 8.09. The number of hydrogen-bond acceptors (Lipinski definition) is 3. The summed E-state index contributed by atoms with van der Waals surface area (Å²) in [5, 5.41) is 0.212. The summed E-state index contributed by atoms with van der Waals surface area (Å²) < 4.78 is 5.27. The maximum Gasteiger partial charge on any atom is 0.224 e. The highest BCUT2D eigenvalue weighted by atomic mass is 35.5. The van der Waals surface area contributed by atoms with Gasteiger partial charge in [0.05, 0.1) is 6.26 Å². The number of fused-ring (bicyclic) bond motifs is 1. The SMILES string of the molecule is Clc1nc(C#CC2CC2)c2occc2n1. The van der Waals surface area contributed by atoms with E-state index < -0.39 is 0 Å². The lowest BCUT2D eigenvalue weighted by molar-refractivity contribution is 0.612. The molecule has 3 nitrogen and oxygen atoms in total. The first kappa shape index (κ1) is 8.75. The molecule has 3 rings (SSSR count). The second kappa shape index (κ2) is 3.25. The zero-order valence-corrected chi connectivity index (χ0v) is 8.58. The van der Waals surface area contributed by atoms with Crippen LogP contribution in [0.5, 0.6) is 0 Å². The van der Waals surface area contributed by atoms with Gasteiger partial charge in [0.15, 0.2) is 11.3 Å². The van der Waals surface area contributed by atoms with Gasteiger partial charge in [-0.3, -0.25) is 0 Å². The molecule has 1 saturated carbocycles. The van der Waals surface area contributed by atoms with E-state index in [1.807, 2.05) is 0 Å². The smallest absolute Gasteiger partial charge is 0.224 e. The fourth-order valence-corrected chi connectivity index (χ4v) is 1.49. The molecular weight excluding hydrogens is 212 g/mol. The molecule has 0 radical (unpaired) electrons. The van der Waals surface area contributed by atoms with Crippen molar-refractivity contribution < 1.29 is 4.42 Å². The molecule has 0 aromatic carbocycles. The molecule has 1 fully saturated rings. The zero-order valence-electron chi connectivity index (χ0n) is 7.83. The van der Waals surface area contributed by atoms with Gasteiger partial charge < -0.3 is 4.42 Å².